The third-order valence-electron chi connectivity index (χ3n) is 4.69. The van der Waals surface area contributed by atoms with E-state index in [-0.39, 0.29) is 11.9 Å². The standard InChI is InChI=1S/C21H32O4/c1-15(2)8-6-9-16(3)10-7-11-17-12-13-18(20(22)24-4)19(14-17)21(23)25-5/h8,10,12,18-19H,6-7,9,11,13-14H2,1-5H3/b16-10+/t18-,19+/m0/s1. The van der Waals surface area contributed by atoms with Crippen molar-refractivity contribution >= 4 is 11.9 Å². The van der Waals surface area contributed by atoms with E-state index in [9.17, 15) is 9.59 Å². The van der Waals surface area contributed by atoms with Gasteiger partial charge in [-0.25, -0.2) is 0 Å². The highest BCUT2D eigenvalue weighted by atomic mass is 16.5. The minimum absolute atomic E-state index is 0.325. The van der Waals surface area contributed by atoms with Crippen LogP contribution in [0.25, 0.3) is 0 Å². The maximum atomic E-state index is 12.0. The fraction of sp³-hybridized carbons (Fsp3) is 0.619. The van der Waals surface area contributed by atoms with Crippen LogP contribution in [0.2, 0.25) is 0 Å². The van der Waals surface area contributed by atoms with E-state index in [0.717, 1.165) is 25.7 Å². The molecule has 0 aliphatic heterocycles. The highest BCUT2D eigenvalue weighted by Crippen LogP contribution is 2.33. The minimum atomic E-state index is -0.430. The molecule has 4 nitrogen and oxygen atoms in total. The van der Waals surface area contributed by atoms with Crippen LogP contribution in [0.5, 0.6) is 0 Å². The van der Waals surface area contributed by atoms with Crippen molar-refractivity contribution in [1.29, 1.82) is 0 Å². The van der Waals surface area contributed by atoms with E-state index in [0.29, 0.717) is 12.8 Å². The molecule has 140 valence electrons. The van der Waals surface area contributed by atoms with Gasteiger partial charge in [-0.1, -0.05) is 34.9 Å². The normalized spacial score (nSPS) is 20.5. The summed E-state index contributed by atoms with van der Waals surface area (Å²) < 4.78 is 9.70. The third-order valence-corrected chi connectivity index (χ3v) is 4.69. The van der Waals surface area contributed by atoms with Crippen molar-refractivity contribution in [1.82, 2.24) is 0 Å². The van der Waals surface area contributed by atoms with E-state index >= 15 is 0 Å². The second-order valence-electron chi connectivity index (χ2n) is 6.97. The average Bonchev–Trinajstić information content (AvgIpc) is 2.59. The van der Waals surface area contributed by atoms with Gasteiger partial charge in [0.25, 0.3) is 0 Å². The number of methoxy groups -OCH3 is 2. The molecule has 0 bridgehead atoms. The molecule has 1 aliphatic rings. The molecule has 0 aromatic carbocycles. The number of esters is 2. The first-order valence-electron chi connectivity index (χ1n) is 9.01. The van der Waals surface area contributed by atoms with Gasteiger partial charge in [-0.15, -0.1) is 0 Å². The van der Waals surface area contributed by atoms with E-state index in [2.05, 4.69) is 39.0 Å². The summed E-state index contributed by atoms with van der Waals surface area (Å²) >= 11 is 0. The van der Waals surface area contributed by atoms with Crippen LogP contribution >= 0.6 is 0 Å². The number of allylic oxidation sites excluding steroid dienone is 6. The number of hydrogen-bond donors (Lipinski definition) is 0. The molecule has 2 atom stereocenters. The molecule has 4 heteroatoms. The van der Waals surface area contributed by atoms with Crippen LogP contribution in [-0.4, -0.2) is 26.2 Å². The fourth-order valence-electron chi connectivity index (χ4n) is 3.18. The van der Waals surface area contributed by atoms with E-state index < -0.39 is 11.8 Å². The van der Waals surface area contributed by atoms with E-state index in [1.807, 2.05) is 0 Å². The maximum absolute atomic E-state index is 12.0. The quantitative estimate of drug-likeness (QED) is 0.469. The molecule has 0 aromatic rings. The zero-order valence-corrected chi connectivity index (χ0v) is 16.3. The Hall–Kier alpha value is -1.84. The van der Waals surface area contributed by atoms with Crippen molar-refractivity contribution < 1.29 is 19.1 Å². The van der Waals surface area contributed by atoms with Gasteiger partial charge in [-0.3, -0.25) is 9.59 Å². The van der Waals surface area contributed by atoms with Crippen LogP contribution in [0.1, 0.15) is 59.3 Å². The molecule has 1 rings (SSSR count). The molecule has 0 amide bonds. The van der Waals surface area contributed by atoms with Crippen molar-refractivity contribution in [2.45, 2.75) is 59.3 Å². The smallest absolute Gasteiger partial charge is 0.309 e. The predicted octanol–water partition coefficient (Wildman–Crippen LogP) is 4.76. The number of hydrogen-bond acceptors (Lipinski definition) is 4. The second kappa shape index (κ2) is 10.9. The van der Waals surface area contributed by atoms with Gasteiger partial charge in [-0.05, 0) is 59.3 Å². The summed E-state index contributed by atoms with van der Waals surface area (Å²) in [6.07, 6.45) is 11.8. The zero-order chi connectivity index (χ0) is 18.8. The van der Waals surface area contributed by atoms with Gasteiger partial charge in [0.2, 0.25) is 0 Å². The zero-order valence-electron chi connectivity index (χ0n) is 16.3. The van der Waals surface area contributed by atoms with Crippen LogP contribution in [0.4, 0.5) is 0 Å². The lowest BCUT2D eigenvalue weighted by molar-refractivity contribution is -0.157. The van der Waals surface area contributed by atoms with E-state index in [1.165, 1.54) is 30.9 Å². The Morgan fingerprint density at radius 1 is 1.04 bits per heavy atom. The third kappa shape index (κ3) is 7.29. The van der Waals surface area contributed by atoms with Crippen molar-refractivity contribution in [3.05, 3.63) is 34.9 Å². The first-order chi connectivity index (χ1) is 11.9. The minimum Gasteiger partial charge on any atom is -0.469 e. The summed E-state index contributed by atoms with van der Waals surface area (Å²) in [5.74, 6) is -1.52. The summed E-state index contributed by atoms with van der Waals surface area (Å²) in [6, 6.07) is 0. The molecule has 1 aliphatic carbocycles. The maximum Gasteiger partial charge on any atom is 0.309 e. The van der Waals surface area contributed by atoms with Crippen molar-refractivity contribution in [2.75, 3.05) is 14.2 Å². The lowest BCUT2D eigenvalue weighted by Crippen LogP contribution is -2.33. The van der Waals surface area contributed by atoms with Crippen molar-refractivity contribution in [3.8, 4) is 0 Å². The van der Waals surface area contributed by atoms with Gasteiger partial charge in [0.1, 0.15) is 0 Å². The summed E-state index contributed by atoms with van der Waals surface area (Å²) in [4.78, 5) is 23.9. The molecule has 0 saturated carbocycles. The summed E-state index contributed by atoms with van der Waals surface area (Å²) in [6.45, 7) is 6.40. The van der Waals surface area contributed by atoms with E-state index in [1.54, 1.807) is 0 Å². The first kappa shape index (κ1) is 21.2. The Balaban J connectivity index is 2.59. The van der Waals surface area contributed by atoms with Crippen LogP contribution in [-0.2, 0) is 19.1 Å². The van der Waals surface area contributed by atoms with Gasteiger partial charge < -0.3 is 9.47 Å². The number of carbonyl (C=O) groups is 2. The molecule has 0 aromatic heterocycles. The van der Waals surface area contributed by atoms with Gasteiger partial charge in [0.15, 0.2) is 0 Å². The Bertz CT molecular complexity index is 550. The molecule has 0 unspecified atom stereocenters. The highest BCUT2D eigenvalue weighted by Gasteiger charge is 2.37. The SMILES string of the molecule is COC(=O)[C@H]1CC=C(CC/C=C(\C)CCC=C(C)C)C[C@H]1C(=O)OC. The topological polar surface area (TPSA) is 52.6 Å². The first-order valence-corrected chi connectivity index (χ1v) is 9.01. The van der Waals surface area contributed by atoms with Gasteiger partial charge in [0.05, 0.1) is 26.1 Å². The summed E-state index contributed by atoms with van der Waals surface area (Å²) in [5, 5.41) is 0. The Morgan fingerprint density at radius 2 is 1.68 bits per heavy atom. The highest BCUT2D eigenvalue weighted by molar-refractivity contribution is 5.82. The number of ether oxygens (including phenoxy) is 2. The molecule has 0 spiro atoms. The fourth-order valence-corrected chi connectivity index (χ4v) is 3.18. The van der Waals surface area contributed by atoms with Crippen molar-refractivity contribution in [3.63, 3.8) is 0 Å². The number of carbonyl (C=O) groups excluding carboxylic acids is 2. The Kier molecular flexibility index (Phi) is 9.25. The molecule has 0 saturated heterocycles. The van der Waals surface area contributed by atoms with E-state index in [4.69, 9.17) is 9.47 Å². The van der Waals surface area contributed by atoms with Crippen LogP contribution in [0.3, 0.4) is 0 Å². The molecule has 0 radical (unpaired) electrons. The molecular weight excluding hydrogens is 316 g/mol. The average molecular weight is 348 g/mol. The summed E-state index contributed by atoms with van der Waals surface area (Å²) in [5.41, 5.74) is 3.98. The lowest BCUT2D eigenvalue weighted by atomic mass is 9.78. The van der Waals surface area contributed by atoms with Gasteiger partial charge in [-0.2, -0.15) is 0 Å². The molecule has 25 heavy (non-hydrogen) atoms. The van der Waals surface area contributed by atoms with Crippen LogP contribution in [0.15, 0.2) is 34.9 Å². The van der Waals surface area contributed by atoms with Crippen LogP contribution < -0.4 is 0 Å². The molecular formula is C21H32O4. The Labute approximate surface area is 152 Å². The second-order valence-corrected chi connectivity index (χ2v) is 6.97. The van der Waals surface area contributed by atoms with Gasteiger partial charge in [0, 0.05) is 0 Å². The van der Waals surface area contributed by atoms with Crippen molar-refractivity contribution in [2.24, 2.45) is 11.8 Å². The molecule has 0 heterocycles. The lowest BCUT2D eigenvalue weighted by Gasteiger charge is -2.27. The summed E-state index contributed by atoms with van der Waals surface area (Å²) in [7, 11) is 2.73. The Morgan fingerprint density at radius 3 is 2.28 bits per heavy atom. The monoisotopic (exact) mass is 348 g/mol. The van der Waals surface area contributed by atoms with Gasteiger partial charge >= 0.3 is 11.9 Å². The largest absolute Gasteiger partial charge is 0.469 e. The molecule has 0 fully saturated rings. The molecule has 0 N–H and O–H groups in total. The number of rotatable bonds is 8. The van der Waals surface area contributed by atoms with Crippen LogP contribution in [0, 0.1) is 11.8 Å². The predicted molar refractivity (Wildman–Crippen MR) is 100.0 cm³/mol.